The van der Waals surface area contributed by atoms with Crippen LogP contribution in [0.5, 0.6) is 0 Å². The molecule has 1 aliphatic rings. The van der Waals surface area contributed by atoms with Crippen LogP contribution < -0.4 is 0 Å². The number of ketones is 1. The zero-order valence-corrected chi connectivity index (χ0v) is 9.73. The molecule has 0 saturated heterocycles. The highest BCUT2D eigenvalue weighted by Crippen LogP contribution is 2.24. The van der Waals surface area contributed by atoms with E-state index in [1.165, 1.54) is 11.1 Å². The smallest absolute Gasteiger partial charge is 0.159 e. The standard InChI is InChI=1S/C13H17NO2/c1-9(15)6-14-7-12-4-3-11(10(2)16)5-13(12)8-14/h3-5,9,15H,6-8H2,1-2H3. The minimum Gasteiger partial charge on any atom is -0.392 e. The Balaban J connectivity index is 2.15. The largest absolute Gasteiger partial charge is 0.392 e. The first-order valence-electron chi connectivity index (χ1n) is 5.59. The molecule has 1 unspecified atom stereocenters. The van der Waals surface area contributed by atoms with E-state index in [-0.39, 0.29) is 11.9 Å². The van der Waals surface area contributed by atoms with Crippen LogP contribution in [0.25, 0.3) is 0 Å². The van der Waals surface area contributed by atoms with Crippen molar-refractivity contribution in [1.82, 2.24) is 4.90 Å². The molecule has 0 saturated carbocycles. The highest BCUT2D eigenvalue weighted by Gasteiger charge is 2.20. The summed E-state index contributed by atoms with van der Waals surface area (Å²) < 4.78 is 0. The van der Waals surface area contributed by atoms with Gasteiger partial charge < -0.3 is 5.11 Å². The number of hydrogen-bond acceptors (Lipinski definition) is 3. The number of β-amino-alcohol motifs (C(OH)–C–C–N with tert-alkyl or cyclic N) is 1. The Hall–Kier alpha value is -1.19. The maximum atomic E-state index is 11.3. The number of rotatable bonds is 3. The fraction of sp³-hybridized carbons (Fsp3) is 0.462. The first-order chi connectivity index (χ1) is 7.56. The van der Waals surface area contributed by atoms with Crippen LogP contribution in [0.3, 0.4) is 0 Å². The summed E-state index contributed by atoms with van der Waals surface area (Å²) in [6, 6.07) is 5.88. The maximum Gasteiger partial charge on any atom is 0.159 e. The van der Waals surface area contributed by atoms with Crippen LogP contribution in [0.4, 0.5) is 0 Å². The molecule has 3 nitrogen and oxygen atoms in total. The monoisotopic (exact) mass is 219 g/mol. The summed E-state index contributed by atoms with van der Waals surface area (Å²) in [5, 5.41) is 9.34. The van der Waals surface area contributed by atoms with Crippen LogP contribution in [0, 0.1) is 0 Å². The number of carbonyl (C=O) groups excluding carboxylic acids is 1. The number of Topliss-reactive ketones (excluding diaryl/α,β-unsaturated/α-hetero) is 1. The van der Waals surface area contributed by atoms with E-state index in [1.807, 2.05) is 18.2 Å². The molecule has 1 aromatic rings. The zero-order chi connectivity index (χ0) is 11.7. The third-order valence-corrected chi connectivity index (χ3v) is 2.92. The SMILES string of the molecule is CC(=O)c1ccc2c(c1)CN(CC(C)O)C2. The normalized spacial score (nSPS) is 17.2. The van der Waals surface area contributed by atoms with Crippen molar-refractivity contribution in [2.24, 2.45) is 0 Å². The average molecular weight is 219 g/mol. The molecule has 0 radical (unpaired) electrons. The van der Waals surface area contributed by atoms with Crippen molar-refractivity contribution < 1.29 is 9.90 Å². The molecule has 1 aromatic carbocycles. The van der Waals surface area contributed by atoms with E-state index < -0.39 is 0 Å². The average Bonchev–Trinajstić information content (AvgIpc) is 2.56. The lowest BCUT2D eigenvalue weighted by molar-refractivity contribution is 0.101. The number of aliphatic hydroxyl groups is 1. The van der Waals surface area contributed by atoms with Crippen LogP contribution >= 0.6 is 0 Å². The second-order valence-corrected chi connectivity index (χ2v) is 4.56. The lowest BCUT2D eigenvalue weighted by Crippen LogP contribution is -2.25. The first-order valence-corrected chi connectivity index (χ1v) is 5.59. The molecule has 2 rings (SSSR count). The lowest BCUT2D eigenvalue weighted by atomic mass is 10.0. The van der Waals surface area contributed by atoms with Crippen LogP contribution in [0.2, 0.25) is 0 Å². The number of fused-ring (bicyclic) bond motifs is 1. The van der Waals surface area contributed by atoms with Crippen molar-refractivity contribution in [3.8, 4) is 0 Å². The van der Waals surface area contributed by atoms with Crippen LogP contribution in [-0.2, 0) is 13.1 Å². The Morgan fingerprint density at radius 2 is 2.12 bits per heavy atom. The van der Waals surface area contributed by atoms with Gasteiger partial charge >= 0.3 is 0 Å². The van der Waals surface area contributed by atoms with Gasteiger partial charge in [0, 0.05) is 25.2 Å². The fourth-order valence-corrected chi connectivity index (χ4v) is 2.19. The second-order valence-electron chi connectivity index (χ2n) is 4.56. The molecule has 0 fully saturated rings. The van der Waals surface area contributed by atoms with Crippen molar-refractivity contribution in [3.63, 3.8) is 0 Å². The molecule has 1 heterocycles. The van der Waals surface area contributed by atoms with Crippen LogP contribution in [0.1, 0.15) is 35.3 Å². The van der Waals surface area contributed by atoms with Crippen LogP contribution in [-0.4, -0.2) is 28.4 Å². The lowest BCUT2D eigenvalue weighted by Gasteiger charge is -2.16. The van der Waals surface area contributed by atoms with Gasteiger partial charge in [-0.3, -0.25) is 9.69 Å². The molecule has 0 amide bonds. The Morgan fingerprint density at radius 3 is 2.75 bits per heavy atom. The summed E-state index contributed by atoms with van der Waals surface area (Å²) in [6.07, 6.45) is -0.304. The van der Waals surface area contributed by atoms with Gasteiger partial charge in [-0.05, 0) is 31.0 Å². The molecule has 86 valence electrons. The highest BCUT2D eigenvalue weighted by atomic mass is 16.3. The number of carbonyl (C=O) groups is 1. The third kappa shape index (κ3) is 2.31. The zero-order valence-electron chi connectivity index (χ0n) is 9.73. The molecule has 3 heteroatoms. The number of hydrogen-bond donors (Lipinski definition) is 1. The number of nitrogens with zero attached hydrogens (tertiary/aromatic N) is 1. The summed E-state index contributed by atoms with van der Waals surface area (Å²) in [7, 11) is 0. The molecular formula is C13H17NO2. The van der Waals surface area contributed by atoms with E-state index in [1.54, 1.807) is 13.8 Å². The Morgan fingerprint density at radius 1 is 1.44 bits per heavy atom. The maximum absolute atomic E-state index is 11.3. The van der Waals surface area contributed by atoms with Gasteiger partial charge in [0.05, 0.1) is 6.10 Å². The minimum absolute atomic E-state index is 0.108. The van der Waals surface area contributed by atoms with Gasteiger partial charge in [-0.25, -0.2) is 0 Å². The van der Waals surface area contributed by atoms with Crippen LogP contribution in [0.15, 0.2) is 18.2 Å². The van der Waals surface area contributed by atoms with Gasteiger partial charge in [0.2, 0.25) is 0 Å². The van der Waals surface area contributed by atoms with Crippen molar-refractivity contribution in [2.45, 2.75) is 33.0 Å². The third-order valence-electron chi connectivity index (χ3n) is 2.92. The predicted octanol–water partition coefficient (Wildman–Crippen LogP) is 1.59. The van der Waals surface area contributed by atoms with Gasteiger partial charge in [0.25, 0.3) is 0 Å². The first kappa shape index (κ1) is 11.3. The van der Waals surface area contributed by atoms with Crippen molar-refractivity contribution >= 4 is 5.78 Å². The summed E-state index contributed by atoms with van der Waals surface area (Å²) >= 11 is 0. The van der Waals surface area contributed by atoms with E-state index in [2.05, 4.69) is 4.90 Å². The Bertz CT molecular complexity index is 412. The number of aliphatic hydroxyl groups excluding tert-OH is 1. The molecule has 0 bridgehead atoms. The van der Waals surface area contributed by atoms with Gasteiger partial charge in [0.15, 0.2) is 5.78 Å². The molecule has 1 N–H and O–H groups in total. The molecule has 0 aromatic heterocycles. The number of benzene rings is 1. The van der Waals surface area contributed by atoms with E-state index in [9.17, 15) is 9.90 Å². The highest BCUT2D eigenvalue weighted by molar-refractivity contribution is 5.94. The van der Waals surface area contributed by atoms with Crippen molar-refractivity contribution in [2.75, 3.05) is 6.54 Å². The topological polar surface area (TPSA) is 40.5 Å². The molecule has 0 aliphatic carbocycles. The van der Waals surface area contributed by atoms with Gasteiger partial charge in [-0.2, -0.15) is 0 Å². The minimum atomic E-state index is -0.304. The molecule has 0 spiro atoms. The van der Waals surface area contributed by atoms with E-state index in [4.69, 9.17) is 0 Å². The molecule has 1 atom stereocenters. The van der Waals surface area contributed by atoms with Crippen molar-refractivity contribution in [1.29, 1.82) is 0 Å². The Kier molecular flexibility index (Phi) is 3.08. The van der Waals surface area contributed by atoms with Gasteiger partial charge in [-0.15, -0.1) is 0 Å². The second kappa shape index (κ2) is 4.36. The van der Waals surface area contributed by atoms with E-state index in [0.717, 1.165) is 18.7 Å². The Labute approximate surface area is 95.7 Å². The fourth-order valence-electron chi connectivity index (χ4n) is 2.19. The molecule has 1 aliphatic heterocycles. The quantitative estimate of drug-likeness (QED) is 0.785. The molecular weight excluding hydrogens is 202 g/mol. The predicted molar refractivity (Wildman–Crippen MR) is 62.2 cm³/mol. The van der Waals surface area contributed by atoms with E-state index in [0.29, 0.717) is 6.54 Å². The van der Waals surface area contributed by atoms with Crippen molar-refractivity contribution in [3.05, 3.63) is 34.9 Å². The van der Waals surface area contributed by atoms with Gasteiger partial charge in [-0.1, -0.05) is 12.1 Å². The molecule has 16 heavy (non-hydrogen) atoms. The summed E-state index contributed by atoms with van der Waals surface area (Å²) in [4.78, 5) is 13.4. The summed E-state index contributed by atoms with van der Waals surface area (Å²) in [5.41, 5.74) is 3.26. The summed E-state index contributed by atoms with van der Waals surface area (Å²) in [6.45, 7) is 5.78. The summed E-state index contributed by atoms with van der Waals surface area (Å²) in [5.74, 6) is 0.108. The van der Waals surface area contributed by atoms with E-state index >= 15 is 0 Å². The van der Waals surface area contributed by atoms with Gasteiger partial charge in [0.1, 0.15) is 0 Å².